The Bertz CT molecular complexity index is 1370. The summed E-state index contributed by atoms with van der Waals surface area (Å²) in [4.78, 5) is 2.28. The predicted octanol–water partition coefficient (Wildman–Crippen LogP) is 5.78. The number of nitrogens with zero attached hydrogens (tertiary/aromatic N) is 4. The van der Waals surface area contributed by atoms with Crippen LogP contribution in [-0.2, 0) is 6.54 Å². The molecular formula is C33H45N4O2+3. The molecule has 0 unspecified atom stereocenters. The van der Waals surface area contributed by atoms with E-state index in [2.05, 4.69) is 76.0 Å². The maximum Gasteiger partial charge on any atom is 0.374 e. The van der Waals surface area contributed by atoms with Crippen molar-refractivity contribution in [2.24, 2.45) is 0 Å². The summed E-state index contributed by atoms with van der Waals surface area (Å²) in [6, 6.07) is 16.5. The molecule has 206 valence electrons. The Morgan fingerprint density at radius 2 is 1.44 bits per heavy atom. The molecule has 3 aromatic rings. The summed E-state index contributed by atoms with van der Waals surface area (Å²) < 4.78 is 16.5. The highest BCUT2D eigenvalue weighted by Crippen LogP contribution is 2.38. The fraction of sp³-hybridized carbons (Fsp3) is 0.364. The number of aromatic nitrogens is 1. The van der Waals surface area contributed by atoms with Crippen LogP contribution in [0.2, 0.25) is 0 Å². The van der Waals surface area contributed by atoms with E-state index in [4.69, 9.17) is 9.15 Å². The van der Waals surface area contributed by atoms with Crippen LogP contribution in [0.1, 0.15) is 18.7 Å². The summed E-state index contributed by atoms with van der Waals surface area (Å²) in [5.74, 6) is 2.66. The van der Waals surface area contributed by atoms with Gasteiger partial charge in [0.05, 0.1) is 73.6 Å². The van der Waals surface area contributed by atoms with E-state index in [0.29, 0.717) is 0 Å². The van der Waals surface area contributed by atoms with Crippen LogP contribution in [0.5, 0.6) is 5.75 Å². The summed E-state index contributed by atoms with van der Waals surface area (Å²) in [7, 11) is 13.4. The zero-order valence-electron chi connectivity index (χ0n) is 24.5. The number of fused-ring (bicyclic) bond motifs is 2. The van der Waals surface area contributed by atoms with Gasteiger partial charge in [-0.3, -0.25) is 0 Å². The summed E-state index contributed by atoms with van der Waals surface area (Å²) in [6.07, 6.45) is 16.4. The second kappa shape index (κ2) is 12.5. The van der Waals surface area contributed by atoms with Crippen molar-refractivity contribution in [1.82, 2.24) is 0 Å². The van der Waals surface area contributed by atoms with Crippen molar-refractivity contribution in [2.75, 3.05) is 66.8 Å². The molecule has 2 heterocycles. The maximum absolute atomic E-state index is 6.16. The van der Waals surface area contributed by atoms with Crippen molar-refractivity contribution in [1.29, 1.82) is 0 Å². The van der Waals surface area contributed by atoms with E-state index in [-0.39, 0.29) is 0 Å². The minimum Gasteiger partial charge on any atom is -0.439 e. The van der Waals surface area contributed by atoms with E-state index in [0.717, 1.165) is 82.3 Å². The summed E-state index contributed by atoms with van der Waals surface area (Å²) in [6.45, 7) is 4.07. The van der Waals surface area contributed by atoms with Gasteiger partial charge in [0.25, 0.3) is 5.52 Å². The van der Waals surface area contributed by atoms with Gasteiger partial charge >= 0.3 is 5.89 Å². The molecule has 0 atom stereocenters. The quantitative estimate of drug-likeness (QED) is 0.169. The van der Waals surface area contributed by atoms with Crippen molar-refractivity contribution < 1.29 is 22.7 Å². The first kappa shape index (κ1) is 28.4. The number of para-hydroxylation sites is 4. The van der Waals surface area contributed by atoms with Gasteiger partial charge in [-0.1, -0.05) is 54.6 Å². The largest absolute Gasteiger partial charge is 0.439 e. The molecule has 0 N–H and O–H groups in total. The molecule has 1 aromatic heterocycles. The Hall–Kier alpha value is -3.61. The van der Waals surface area contributed by atoms with Crippen LogP contribution in [0.25, 0.3) is 17.2 Å². The smallest absolute Gasteiger partial charge is 0.374 e. The topological polar surface area (TPSA) is 29.5 Å². The number of benzene rings is 2. The van der Waals surface area contributed by atoms with Crippen molar-refractivity contribution >= 4 is 22.9 Å². The Morgan fingerprint density at radius 3 is 2.23 bits per heavy atom. The molecule has 4 rings (SSSR count). The predicted molar refractivity (Wildman–Crippen MR) is 161 cm³/mol. The lowest BCUT2D eigenvalue weighted by Gasteiger charge is -2.25. The molecule has 2 aromatic carbocycles. The first-order valence-electron chi connectivity index (χ1n) is 13.9. The number of quaternary nitrogens is 2. The first-order valence-corrected chi connectivity index (χ1v) is 13.9. The molecule has 0 amide bonds. The van der Waals surface area contributed by atoms with Gasteiger partial charge < -0.3 is 23.0 Å². The van der Waals surface area contributed by atoms with Crippen LogP contribution in [0.15, 0.2) is 95.3 Å². The fourth-order valence-corrected chi connectivity index (χ4v) is 4.69. The van der Waals surface area contributed by atoms with E-state index in [1.54, 1.807) is 0 Å². The minimum absolute atomic E-state index is 0.870. The Labute approximate surface area is 234 Å². The van der Waals surface area contributed by atoms with Gasteiger partial charge in [-0.05, 0) is 24.3 Å². The van der Waals surface area contributed by atoms with Crippen molar-refractivity contribution in [2.45, 2.75) is 19.4 Å². The molecule has 0 saturated heterocycles. The highest BCUT2D eigenvalue weighted by atomic mass is 16.5. The molecule has 39 heavy (non-hydrogen) atoms. The number of rotatable bonds is 12. The van der Waals surface area contributed by atoms with Crippen molar-refractivity contribution in [3.8, 4) is 5.75 Å². The van der Waals surface area contributed by atoms with Crippen LogP contribution in [0, 0.1) is 0 Å². The third-order valence-electron chi connectivity index (χ3n) is 6.62. The number of hydrogen-bond acceptors (Lipinski definition) is 3. The molecule has 0 spiro atoms. The number of anilines is 1. The first-order chi connectivity index (χ1) is 18.6. The number of hydrogen-bond donors (Lipinski definition) is 0. The standard InChI is InChI=1S/C33H45N4O2/c1-36(2,3)26-16-24-34-28-18-12-14-20-30(28)38-32(34)22-10-8-7-9-11-23-33-35(25-17-27-37(4,5)6)29-19-13-15-21-31(29)39-33/h7-15,18-23H,16-17,24-27H2,1-6H3/q+3. The summed E-state index contributed by atoms with van der Waals surface area (Å²) >= 11 is 0. The van der Waals surface area contributed by atoms with E-state index < -0.39 is 0 Å². The molecule has 6 nitrogen and oxygen atoms in total. The normalized spacial score (nSPS) is 15.4. The van der Waals surface area contributed by atoms with E-state index in [1.165, 1.54) is 0 Å². The highest BCUT2D eigenvalue weighted by Gasteiger charge is 2.25. The zero-order chi connectivity index (χ0) is 27.9. The third-order valence-corrected chi connectivity index (χ3v) is 6.62. The zero-order valence-corrected chi connectivity index (χ0v) is 24.5. The Balaban J connectivity index is 1.40. The second-order valence-corrected chi connectivity index (χ2v) is 12.1. The second-order valence-electron chi connectivity index (χ2n) is 12.1. The molecule has 0 aliphatic carbocycles. The molecule has 0 saturated carbocycles. The molecule has 0 radical (unpaired) electrons. The Kier molecular flexibility index (Phi) is 9.10. The van der Waals surface area contributed by atoms with Gasteiger partial charge in [-0.25, -0.2) is 0 Å². The van der Waals surface area contributed by atoms with Crippen LogP contribution >= 0.6 is 0 Å². The van der Waals surface area contributed by atoms with E-state index in [9.17, 15) is 0 Å². The average Bonchev–Trinajstić information content (AvgIpc) is 3.40. The van der Waals surface area contributed by atoms with Crippen molar-refractivity contribution in [3.05, 3.63) is 96.8 Å². The van der Waals surface area contributed by atoms with Gasteiger partial charge in [-0.15, -0.1) is 0 Å². The average molecular weight is 530 g/mol. The highest BCUT2D eigenvalue weighted by molar-refractivity contribution is 5.69. The van der Waals surface area contributed by atoms with E-state index >= 15 is 0 Å². The van der Waals surface area contributed by atoms with Gasteiger partial charge in [0.2, 0.25) is 11.5 Å². The number of ether oxygens (including phenoxy) is 1. The molecular weight excluding hydrogens is 484 g/mol. The van der Waals surface area contributed by atoms with Gasteiger partial charge in [0.1, 0.15) is 0 Å². The van der Waals surface area contributed by atoms with Crippen LogP contribution in [-0.4, -0.2) is 70.9 Å². The van der Waals surface area contributed by atoms with Crippen LogP contribution in [0.4, 0.5) is 5.69 Å². The monoisotopic (exact) mass is 529 g/mol. The summed E-state index contributed by atoms with van der Waals surface area (Å²) in [5, 5.41) is 0. The van der Waals surface area contributed by atoms with Gasteiger partial charge in [0.15, 0.2) is 12.3 Å². The number of aryl methyl sites for hydroxylation is 1. The minimum atomic E-state index is 0.870. The maximum atomic E-state index is 6.16. The van der Waals surface area contributed by atoms with E-state index in [1.807, 2.05) is 66.8 Å². The van der Waals surface area contributed by atoms with Crippen LogP contribution < -0.4 is 14.2 Å². The Morgan fingerprint density at radius 1 is 0.769 bits per heavy atom. The number of oxazole rings is 1. The lowest BCUT2D eigenvalue weighted by atomic mass is 10.2. The SMILES string of the molecule is C[N+](C)(C)CCCN1/C(=C/C=C/C=C/C=C/c2oc3ccccc3[n+]2CCC[N+](C)(C)C)Oc2ccccc21. The molecule has 1 aliphatic heterocycles. The van der Waals surface area contributed by atoms with Crippen molar-refractivity contribution in [3.63, 3.8) is 0 Å². The fourth-order valence-electron chi connectivity index (χ4n) is 4.69. The third kappa shape index (κ3) is 8.19. The lowest BCUT2D eigenvalue weighted by molar-refractivity contribution is -0.873. The summed E-state index contributed by atoms with van der Waals surface area (Å²) in [5.41, 5.74) is 3.19. The van der Waals surface area contributed by atoms with Gasteiger partial charge in [0, 0.05) is 19.0 Å². The lowest BCUT2D eigenvalue weighted by Crippen LogP contribution is -2.40. The van der Waals surface area contributed by atoms with Gasteiger partial charge in [-0.2, -0.15) is 4.57 Å². The van der Waals surface area contributed by atoms with Crippen LogP contribution in [0.3, 0.4) is 0 Å². The molecule has 1 aliphatic rings. The molecule has 6 heteroatoms. The molecule has 0 fully saturated rings. The number of allylic oxidation sites excluding steroid dienone is 6. The molecule has 0 bridgehead atoms.